The highest BCUT2D eigenvalue weighted by Crippen LogP contribution is 2.52. The van der Waals surface area contributed by atoms with E-state index in [1.54, 1.807) is 7.05 Å². The summed E-state index contributed by atoms with van der Waals surface area (Å²) in [7, 11) is 1.72. The maximum atomic E-state index is 13.1. The molecule has 0 radical (unpaired) electrons. The fraction of sp³-hybridized carbons (Fsp3) is 0.435. The largest absolute Gasteiger partial charge is 0.359 e. The number of carbonyl (C=O) groups excluding carboxylic acids is 1. The summed E-state index contributed by atoms with van der Waals surface area (Å²) in [6, 6.07) is 15.5. The molecule has 1 aliphatic heterocycles. The Morgan fingerprint density at radius 2 is 1.85 bits per heavy atom. The van der Waals surface area contributed by atoms with Crippen LogP contribution >= 0.6 is 0 Å². The smallest absolute Gasteiger partial charge is 0.220 e. The third-order valence-electron chi connectivity index (χ3n) is 6.45. The van der Waals surface area contributed by atoms with Gasteiger partial charge in [-0.15, -0.1) is 0 Å². The molecule has 4 heteroatoms. The average molecular weight is 366 g/mol. The summed E-state index contributed by atoms with van der Waals surface area (Å²) < 4.78 is 13.1. The first-order chi connectivity index (χ1) is 13.1. The second-order valence-corrected chi connectivity index (χ2v) is 8.05. The Kier molecular flexibility index (Phi) is 5.00. The number of halogens is 1. The summed E-state index contributed by atoms with van der Waals surface area (Å²) in [5.74, 6) is 0.270. The molecule has 0 saturated carbocycles. The number of piperidine rings is 1. The number of amides is 1. The number of fused-ring (bicyclic) bond motifs is 2. The number of nitrogens with one attached hydrogen (secondary N) is 1. The van der Waals surface area contributed by atoms with Gasteiger partial charge >= 0.3 is 0 Å². The molecule has 0 bridgehead atoms. The lowest BCUT2D eigenvalue weighted by Crippen LogP contribution is -2.41. The quantitative estimate of drug-likeness (QED) is 0.888. The normalized spacial score (nSPS) is 21.2. The molecule has 1 heterocycles. The summed E-state index contributed by atoms with van der Waals surface area (Å²) in [4.78, 5) is 14.4. The molecule has 1 spiro atoms. The molecule has 2 aromatic rings. The van der Waals surface area contributed by atoms with Gasteiger partial charge in [0, 0.05) is 20.0 Å². The van der Waals surface area contributed by atoms with E-state index >= 15 is 0 Å². The van der Waals surface area contributed by atoms with E-state index in [0.29, 0.717) is 12.3 Å². The minimum Gasteiger partial charge on any atom is -0.359 e. The van der Waals surface area contributed by atoms with Crippen molar-refractivity contribution < 1.29 is 9.18 Å². The fourth-order valence-electron chi connectivity index (χ4n) is 5.00. The molecule has 1 fully saturated rings. The monoisotopic (exact) mass is 366 g/mol. The number of nitrogens with zero attached hydrogens (tertiary/aromatic N) is 1. The molecule has 1 saturated heterocycles. The van der Waals surface area contributed by atoms with Crippen molar-refractivity contribution in [3.8, 4) is 0 Å². The van der Waals surface area contributed by atoms with Gasteiger partial charge in [0.1, 0.15) is 5.82 Å². The first-order valence-electron chi connectivity index (χ1n) is 9.86. The summed E-state index contributed by atoms with van der Waals surface area (Å²) in [6.07, 6.45) is 3.89. The highest BCUT2D eigenvalue weighted by atomic mass is 19.1. The van der Waals surface area contributed by atoms with E-state index in [0.717, 1.165) is 44.5 Å². The standard InChI is InChI=1S/C23H27FN2O/c1-25-22(27)14-18-15-23(21-5-3-2-4-20(18)21)10-12-26(13-11-23)16-17-6-8-19(24)9-7-17/h2-9,18H,10-16H2,1H3,(H,25,27)/t18-/m0/s1. The van der Waals surface area contributed by atoms with Gasteiger partial charge in [0.25, 0.3) is 0 Å². The highest BCUT2D eigenvalue weighted by Gasteiger charge is 2.45. The molecule has 2 aromatic carbocycles. The number of rotatable bonds is 4. The summed E-state index contributed by atoms with van der Waals surface area (Å²) >= 11 is 0. The lowest BCUT2D eigenvalue weighted by atomic mass is 9.73. The zero-order chi connectivity index (χ0) is 18.9. The van der Waals surface area contributed by atoms with Crippen molar-refractivity contribution in [2.45, 2.75) is 43.6 Å². The van der Waals surface area contributed by atoms with Crippen molar-refractivity contribution in [1.82, 2.24) is 10.2 Å². The third kappa shape index (κ3) is 3.63. The van der Waals surface area contributed by atoms with Gasteiger partial charge < -0.3 is 5.32 Å². The molecule has 142 valence electrons. The zero-order valence-corrected chi connectivity index (χ0v) is 15.9. The average Bonchev–Trinajstić information content (AvgIpc) is 2.99. The fourth-order valence-corrected chi connectivity index (χ4v) is 5.00. The molecule has 0 unspecified atom stereocenters. The predicted molar refractivity (Wildman–Crippen MR) is 105 cm³/mol. The first-order valence-corrected chi connectivity index (χ1v) is 9.86. The number of likely N-dealkylation sites (tertiary alicyclic amines) is 1. The number of hydrogen-bond donors (Lipinski definition) is 1. The molecule has 0 aromatic heterocycles. The Labute approximate surface area is 160 Å². The highest BCUT2D eigenvalue weighted by molar-refractivity contribution is 5.77. The van der Waals surface area contributed by atoms with Crippen LogP contribution in [-0.4, -0.2) is 30.9 Å². The minimum atomic E-state index is -0.180. The van der Waals surface area contributed by atoms with Gasteiger partial charge in [0.15, 0.2) is 0 Å². The van der Waals surface area contributed by atoms with Crippen LogP contribution in [0.15, 0.2) is 48.5 Å². The molecular weight excluding hydrogens is 339 g/mol. The van der Waals surface area contributed by atoms with Crippen LogP contribution < -0.4 is 5.32 Å². The van der Waals surface area contributed by atoms with Gasteiger partial charge in [-0.05, 0) is 72.5 Å². The second kappa shape index (κ2) is 7.43. The number of carbonyl (C=O) groups is 1. The molecule has 3 nitrogen and oxygen atoms in total. The Balaban J connectivity index is 1.47. The van der Waals surface area contributed by atoms with Gasteiger partial charge in [-0.1, -0.05) is 36.4 Å². The van der Waals surface area contributed by atoms with Crippen LogP contribution in [0.5, 0.6) is 0 Å². The SMILES string of the molecule is CNC(=O)C[C@H]1CC2(CCN(Cc3ccc(F)cc3)CC2)c2ccccc21. The lowest BCUT2D eigenvalue weighted by Gasteiger charge is -2.40. The lowest BCUT2D eigenvalue weighted by molar-refractivity contribution is -0.121. The molecule has 27 heavy (non-hydrogen) atoms. The van der Waals surface area contributed by atoms with Crippen LogP contribution in [0, 0.1) is 5.82 Å². The topological polar surface area (TPSA) is 32.3 Å². The number of hydrogen-bond acceptors (Lipinski definition) is 2. The van der Waals surface area contributed by atoms with Crippen LogP contribution in [0.4, 0.5) is 4.39 Å². The van der Waals surface area contributed by atoms with Crippen molar-refractivity contribution in [1.29, 1.82) is 0 Å². The van der Waals surface area contributed by atoms with E-state index in [1.165, 1.54) is 23.3 Å². The van der Waals surface area contributed by atoms with E-state index in [9.17, 15) is 9.18 Å². The summed E-state index contributed by atoms with van der Waals surface area (Å²) in [5.41, 5.74) is 4.19. The molecule has 2 aliphatic rings. The van der Waals surface area contributed by atoms with Gasteiger partial charge in [-0.3, -0.25) is 9.69 Å². The van der Waals surface area contributed by atoms with Crippen molar-refractivity contribution in [2.75, 3.05) is 20.1 Å². The predicted octanol–water partition coefficient (Wildman–Crippen LogP) is 3.98. The van der Waals surface area contributed by atoms with E-state index < -0.39 is 0 Å². The van der Waals surface area contributed by atoms with Gasteiger partial charge in [0.05, 0.1) is 0 Å². The Morgan fingerprint density at radius 1 is 1.15 bits per heavy atom. The summed E-state index contributed by atoms with van der Waals surface area (Å²) in [6.45, 7) is 2.95. The molecule has 1 N–H and O–H groups in total. The Morgan fingerprint density at radius 3 is 2.56 bits per heavy atom. The summed E-state index contributed by atoms with van der Waals surface area (Å²) in [5, 5.41) is 2.78. The van der Waals surface area contributed by atoms with Crippen molar-refractivity contribution >= 4 is 5.91 Å². The Bertz CT molecular complexity index is 809. The second-order valence-electron chi connectivity index (χ2n) is 8.05. The van der Waals surface area contributed by atoms with Gasteiger partial charge in [0.2, 0.25) is 5.91 Å². The Hall–Kier alpha value is -2.20. The van der Waals surface area contributed by atoms with Gasteiger partial charge in [-0.25, -0.2) is 4.39 Å². The van der Waals surface area contributed by atoms with Crippen molar-refractivity contribution in [2.24, 2.45) is 0 Å². The maximum Gasteiger partial charge on any atom is 0.220 e. The van der Waals surface area contributed by atoms with Crippen molar-refractivity contribution in [3.63, 3.8) is 0 Å². The van der Waals surface area contributed by atoms with E-state index in [2.05, 4.69) is 34.5 Å². The van der Waals surface area contributed by atoms with Gasteiger partial charge in [-0.2, -0.15) is 0 Å². The zero-order valence-electron chi connectivity index (χ0n) is 15.9. The molecule has 1 aliphatic carbocycles. The molecule has 4 rings (SSSR count). The molecule has 1 amide bonds. The van der Waals surface area contributed by atoms with Crippen molar-refractivity contribution in [3.05, 3.63) is 71.0 Å². The van der Waals surface area contributed by atoms with E-state index in [-0.39, 0.29) is 17.1 Å². The van der Waals surface area contributed by atoms with Crippen LogP contribution in [0.25, 0.3) is 0 Å². The third-order valence-corrected chi connectivity index (χ3v) is 6.45. The van der Waals surface area contributed by atoms with Crippen LogP contribution in [0.2, 0.25) is 0 Å². The minimum absolute atomic E-state index is 0.126. The maximum absolute atomic E-state index is 13.1. The van der Waals surface area contributed by atoms with E-state index in [1.807, 2.05) is 12.1 Å². The molecular formula is C23H27FN2O. The first kappa shape index (κ1) is 18.2. The molecule has 1 atom stereocenters. The van der Waals surface area contributed by atoms with Crippen LogP contribution in [-0.2, 0) is 16.8 Å². The van der Waals surface area contributed by atoms with Crippen LogP contribution in [0.1, 0.15) is 48.3 Å². The van der Waals surface area contributed by atoms with E-state index in [4.69, 9.17) is 0 Å². The van der Waals surface area contributed by atoms with Crippen LogP contribution in [0.3, 0.4) is 0 Å². The number of benzene rings is 2.